The first-order chi connectivity index (χ1) is 49.8. The lowest BCUT2D eigenvalue weighted by Crippen LogP contribution is -2.29. The number of anilines is 1. The van der Waals surface area contributed by atoms with Crippen molar-refractivity contribution in [1.82, 2.24) is 100 Å². The number of hydrogen-bond donors (Lipinski definition) is 4. The van der Waals surface area contributed by atoms with Crippen molar-refractivity contribution in [3.8, 4) is 51.4 Å². The van der Waals surface area contributed by atoms with Crippen molar-refractivity contribution >= 4 is 23.9 Å². The molecule has 4 N–H and O–H groups in total. The number of nitrogens with one attached hydrogen (secondary N) is 1. The normalized spacial score (nSPS) is 19.7. The van der Waals surface area contributed by atoms with Crippen LogP contribution in [0.4, 0.5) is 10.3 Å². The molecule has 5 saturated carbocycles. The zero-order chi connectivity index (χ0) is 72.3. The molecule has 0 amide bonds. The number of carboxylic acids is 3. The summed E-state index contributed by atoms with van der Waals surface area (Å²) in [5.74, 6) is 1.93. The van der Waals surface area contributed by atoms with E-state index < -0.39 is 29.6 Å². The first-order valence-corrected chi connectivity index (χ1v) is 35.9. The molecule has 9 aromatic heterocycles. The number of carbonyl (C=O) groups is 3. The Labute approximate surface area is 593 Å². The average molecular weight is 1420 g/mol. The quantitative estimate of drug-likeness (QED) is 0.0372. The van der Waals surface area contributed by atoms with Crippen molar-refractivity contribution in [2.24, 2.45) is 50.7 Å². The fourth-order valence-corrected chi connectivity index (χ4v) is 13.5. The molecule has 0 bridgehead atoms. The number of aryl methyl sites for hydroxylation is 8. The number of ether oxygens (including phenoxy) is 3. The molecule has 5 aliphatic rings. The van der Waals surface area contributed by atoms with Gasteiger partial charge >= 0.3 is 17.9 Å². The van der Waals surface area contributed by atoms with Crippen LogP contribution in [-0.2, 0) is 74.3 Å². The second kappa shape index (κ2) is 33.3. The number of aromatic nitrogens is 20. The molecule has 5 fully saturated rings. The Kier molecular flexibility index (Phi) is 23.4. The zero-order valence-corrected chi connectivity index (χ0v) is 59.3. The lowest BCUT2D eigenvalue weighted by atomic mass is 9.82. The van der Waals surface area contributed by atoms with Gasteiger partial charge in [-0.15, -0.1) is 25.5 Å². The van der Waals surface area contributed by atoms with E-state index in [4.69, 9.17) is 33.2 Å². The van der Waals surface area contributed by atoms with E-state index in [9.17, 15) is 29.7 Å². The molecule has 0 spiro atoms. The number of pyridine rings is 3. The molecule has 14 rings (SSSR count). The Bertz CT molecular complexity index is 4380. The Morgan fingerprint density at radius 3 is 1.59 bits per heavy atom. The highest BCUT2D eigenvalue weighted by atomic mass is 19.1. The smallest absolute Gasteiger partial charge is 0.306 e. The molecule has 0 aromatic carbocycles. The van der Waals surface area contributed by atoms with E-state index in [-0.39, 0.29) is 42.4 Å². The maximum atomic E-state index is 15.2. The van der Waals surface area contributed by atoms with Crippen LogP contribution in [0.2, 0.25) is 0 Å². The molecule has 9 heterocycles. The van der Waals surface area contributed by atoms with E-state index in [0.29, 0.717) is 144 Å². The van der Waals surface area contributed by atoms with Crippen LogP contribution in [0.5, 0.6) is 17.2 Å². The molecule has 0 saturated heterocycles. The predicted octanol–water partition coefficient (Wildman–Crippen LogP) is 9.79. The van der Waals surface area contributed by atoms with E-state index in [1.165, 1.54) is 38.2 Å². The number of nitrogens with zero attached hydrogens (tertiary/aromatic N) is 20. The van der Waals surface area contributed by atoms with Gasteiger partial charge in [-0.2, -0.15) is 14.8 Å². The highest BCUT2D eigenvalue weighted by molar-refractivity contribution is 5.71. The zero-order valence-electron chi connectivity index (χ0n) is 59.3. The Balaban J connectivity index is 0.000000146. The third-order valence-electron chi connectivity index (χ3n) is 19.9. The Hall–Kier alpha value is -10.2. The van der Waals surface area contributed by atoms with E-state index in [1.54, 1.807) is 32.8 Å². The molecule has 0 unspecified atom stereocenters. The van der Waals surface area contributed by atoms with Crippen LogP contribution in [0.3, 0.4) is 0 Å². The summed E-state index contributed by atoms with van der Waals surface area (Å²) in [7, 11) is 5.39. The minimum absolute atomic E-state index is 0.0658. The minimum Gasteiger partial charge on any atom is -0.489 e. The van der Waals surface area contributed by atoms with Gasteiger partial charge in [0.25, 0.3) is 5.95 Å². The highest BCUT2D eigenvalue weighted by Crippen LogP contribution is 2.37. The van der Waals surface area contributed by atoms with Crippen molar-refractivity contribution in [2.75, 3.05) is 5.32 Å². The lowest BCUT2D eigenvalue weighted by Gasteiger charge is -2.27. The molecule has 0 aliphatic heterocycles. The van der Waals surface area contributed by atoms with Gasteiger partial charge in [0.15, 0.2) is 17.5 Å². The molecular formula is C70H90FN21O11. The number of hydrogen-bond acceptors (Lipinski definition) is 25. The van der Waals surface area contributed by atoms with E-state index >= 15 is 4.39 Å². The molecule has 6 atom stereocenters. The summed E-state index contributed by atoms with van der Waals surface area (Å²) < 4.78 is 49.2. The lowest BCUT2D eigenvalue weighted by molar-refractivity contribution is -0.144. The van der Waals surface area contributed by atoms with Crippen molar-refractivity contribution < 1.29 is 57.4 Å². The van der Waals surface area contributed by atoms with Crippen LogP contribution >= 0.6 is 0 Å². The number of unbranched alkanes of at least 4 members (excludes halogenated alkanes) is 1. The van der Waals surface area contributed by atoms with Crippen molar-refractivity contribution in [1.29, 1.82) is 0 Å². The molecule has 0 radical (unpaired) electrons. The fraction of sp³-hybridized carbons (Fsp3) is 0.586. The molecule has 103 heavy (non-hydrogen) atoms. The van der Waals surface area contributed by atoms with Gasteiger partial charge in [-0.1, -0.05) is 53.4 Å². The van der Waals surface area contributed by atoms with Gasteiger partial charge in [0.05, 0.1) is 108 Å². The highest BCUT2D eigenvalue weighted by Gasteiger charge is 2.33. The fourth-order valence-electron chi connectivity index (χ4n) is 13.5. The standard InChI is InChI=1S/C25H32FN7O4.C23H28N6O4.C22H30N8O3/c1-14-20(36-17-8-4-7-16(11-17)24(34)35)12-18(26)22(28-14)23-19(33(2)32-30-23)13-27-25-29-21(37-31-25)10-9-15-5-3-6-15;1-13-19(32-16-5-3-4-15(11-16)23(30)31)9-8-17(24-13)22-18(29(2)28-26-22)12-20-25-21(33-27-20)10-14-6-7-14;1-4-5-11-30-26-20(24-28-30)13-18-21(25-27-29(18)3)17-9-10-19(14(2)23-17)33-16-8-6-7-15(12-16)22(31)32/h12,15-17H,3-11,13H2,1-2H3,(H,27,31)(H,34,35);8-9,14-16H,3-7,10-12H2,1-2H3,(H,30,31);9-10,15-16H,4-8,11-13H2,1-3H3,(H,31,32)/t16-,17-;2*15-,16-/m000/s1. The monoisotopic (exact) mass is 1420 g/mol. The summed E-state index contributed by atoms with van der Waals surface area (Å²) in [6.45, 7) is 8.62. The van der Waals surface area contributed by atoms with E-state index in [0.717, 1.165) is 106 Å². The van der Waals surface area contributed by atoms with Crippen molar-refractivity contribution in [2.45, 2.75) is 213 Å². The average Bonchev–Trinajstić information content (AvgIpc) is 1.74. The van der Waals surface area contributed by atoms with Crippen molar-refractivity contribution in [3.05, 3.63) is 93.7 Å². The first kappa shape index (κ1) is 72.5. The number of rotatable bonds is 27. The summed E-state index contributed by atoms with van der Waals surface area (Å²) in [5, 5.41) is 77.1. The van der Waals surface area contributed by atoms with E-state index in [2.05, 4.69) is 83.9 Å². The maximum absolute atomic E-state index is 15.2. The van der Waals surface area contributed by atoms with Crippen LogP contribution in [0, 0.1) is 56.2 Å². The molecule has 9 aromatic rings. The molecule has 33 heteroatoms. The SMILES string of the molecule is CCCCn1nnc(Cc2c(-c3ccc(O[C@H]4CCC[C@H](C(=O)O)C4)c(C)n3)nnn2C)n1.Cc1nc(-c2nnn(C)c2CNc2noc(CCC3CCC3)n2)c(F)cc1O[C@H]1CCC[C@H](C(=O)O)C1.Cc1nc(-c2nnn(C)c2Cc2noc(CC3CC3)n2)ccc1O[C@H]1CCC[C@H](C(=O)O)C1. The van der Waals surface area contributed by atoms with Gasteiger partial charge in [0, 0.05) is 40.1 Å². The second-order valence-corrected chi connectivity index (χ2v) is 27.8. The van der Waals surface area contributed by atoms with Crippen LogP contribution in [-0.4, -0.2) is 152 Å². The molecule has 32 nitrogen and oxygen atoms in total. The van der Waals surface area contributed by atoms with Gasteiger partial charge in [0.1, 0.15) is 40.0 Å². The largest absolute Gasteiger partial charge is 0.489 e. The molecular weight excluding hydrogens is 1330 g/mol. The molecule has 5 aliphatic carbocycles. The van der Waals surface area contributed by atoms with Crippen LogP contribution in [0.15, 0.2) is 39.4 Å². The summed E-state index contributed by atoms with van der Waals surface area (Å²) >= 11 is 0. The predicted molar refractivity (Wildman–Crippen MR) is 365 cm³/mol. The van der Waals surface area contributed by atoms with Crippen LogP contribution < -0.4 is 19.5 Å². The third-order valence-corrected chi connectivity index (χ3v) is 19.9. The summed E-state index contributed by atoms with van der Waals surface area (Å²) in [5.41, 5.74) is 7.35. The van der Waals surface area contributed by atoms with Gasteiger partial charge in [-0.3, -0.25) is 23.7 Å². The summed E-state index contributed by atoms with van der Waals surface area (Å²) in [6, 6.07) is 8.77. The van der Waals surface area contributed by atoms with Gasteiger partial charge in [-0.25, -0.2) is 24.0 Å². The number of aliphatic carboxylic acids is 3. The topological polar surface area (TPSA) is 404 Å². The number of carboxylic acid groups (broad SMARTS) is 3. The third kappa shape index (κ3) is 18.7. The number of halogens is 1. The Morgan fingerprint density at radius 1 is 0.553 bits per heavy atom. The first-order valence-electron chi connectivity index (χ1n) is 35.9. The van der Waals surface area contributed by atoms with Crippen molar-refractivity contribution in [3.63, 3.8) is 0 Å². The van der Waals surface area contributed by atoms with Crippen LogP contribution in [0.1, 0.15) is 193 Å². The Morgan fingerprint density at radius 2 is 1.07 bits per heavy atom. The van der Waals surface area contributed by atoms with Gasteiger partial charge < -0.3 is 43.9 Å². The van der Waals surface area contributed by atoms with E-state index in [1.807, 2.05) is 52.2 Å². The van der Waals surface area contributed by atoms with Gasteiger partial charge in [-0.05, 0) is 170 Å². The minimum atomic E-state index is -0.820. The summed E-state index contributed by atoms with van der Waals surface area (Å²) in [6.07, 6.45) is 19.9. The van der Waals surface area contributed by atoms with Gasteiger partial charge in [0.2, 0.25) is 11.8 Å². The number of tetrazole rings is 1. The maximum Gasteiger partial charge on any atom is 0.306 e. The second-order valence-electron chi connectivity index (χ2n) is 27.8. The summed E-state index contributed by atoms with van der Waals surface area (Å²) in [4.78, 5) is 58.4. The van der Waals surface area contributed by atoms with Crippen LogP contribution in [0.25, 0.3) is 34.2 Å². The molecule has 548 valence electrons.